The van der Waals surface area contributed by atoms with Crippen LogP contribution in [0.15, 0.2) is 97.2 Å². The van der Waals surface area contributed by atoms with Crippen LogP contribution < -0.4 is 5.32 Å². The van der Waals surface area contributed by atoms with E-state index in [1.165, 1.54) is 180 Å². The van der Waals surface area contributed by atoms with Crippen LogP contribution in [0.5, 0.6) is 0 Å². The van der Waals surface area contributed by atoms with Crippen molar-refractivity contribution in [3.05, 3.63) is 97.2 Å². The Morgan fingerprint density at radius 1 is 0.438 bits per heavy atom. The van der Waals surface area contributed by atoms with Crippen molar-refractivity contribution in [2.75, 3.05) is 13.2 Å². The summed E-state index contributed by atoms with van der Waals surface area (Å²) in [6.45, 7) is 3.67. The number of ether oxygens (including phenoxy) is 2. The number of aliphatic hydroxyl groups excluding tert-OH is 5. The molecule has 7 atom stereocenters. The Morgan fingerprint density at radius 3 is 1.20 bits per heavy atom. The van der Waals surface area contributed by atoms with Crippen molar-refractivity contribution < 1.29 is 39.8 Å². The maximum absolute atomic E-state index is 13.1. The van der Waals surface area contributed by atoms with E-state index in [1.807, 2.05) is 6.08 Å². The van der Waals surface area contributed by atoms with Crippen molar-refractivity contribution in [3.63, 3.8) is 0 Å². The second kappa shape index (κ2) is 59.3. The number of unbranched alkanes of at least 4 members (excludes halogenated alkanes) is 33. The minimum atomic E-state index is -1.58. The van der Waals surface area contributed by atoms with Gasteiger partial charge in [-0.25, -0.2) is 0 Å². The SMILES string of the molecule is CC/C=C\C/C=C\C/C=C\C/C=C\C/C=C\C/C=C\CCCCCCCCCCCCC(=O)NC(COC1OC(CO)C(O)C(O)C1O)C(O)/C=C/CC/C=C/CCCCCCCCCCCCCCCCCCCCCCCC. The van der Waals surface area contributed by atoms with Gasteiger partial charge in [-0.3, -0.25) is 4.79 Å². The molecule has 1 aliphatic heterocycles. The summed E-state index contributed by atoms with van der Waals surface area (Å²) < 4.78 is 11.3. The molecular formula is C71H125NO8. The molecule has 0 spiro atoms. The van der Waals surface area contributed by atoms with Gasteiger partial charge in [0, 0.05) is 6.42 Å². The molecule has 1 heterocycles. The van der Waals surface area contributed by atoms with Crippen LogP contribution >= 0.6 is 0 Å². The van der Waals surface area contributed by atoms with Gasteiger partial charge in [0.05, 0.1) is 25.4 Å². The van der Waals surface area contributed by atoms with E-state index in [2.05, 4.69) is 104 Å². The molecule has 1 aliphatic rings. The molecule has 80 heavy (non-hydrogen) atoms. The summed E-state index contributed by atoms with van der Waals surface area (Å²) >= 11 is 0. The van der Waals surface area contributed by atoms with Gasteiger partial charge in [0.15, 0.2) is 6.29 Å². The molecule has 1 fully saturated rings. The lowest BCUT2D eigenvalue weighted by molar-refractivity contribution is -0.302. The maximum atomic E-state index is 13.1. The zero-order valence-electron chi connectivity index (χ0n) is 51.6. The minimum absolute atomic E-state index is 0.192. The standard InChI is InChI=1S/C71H125NO8/c1-3-5-7-9-11-13-15-17-19-21-23-25-27-29-31-33-35-37-39-41-43-45-47-49-51-53-55-57-59-61-67(75)72-64(63-79-71-70(78)69(77)68(76)66(62-73)80-71)65(74)60-58-56-54-52-50-48-46-44-42-40-38-36-34-32-30-28-26-24-22-20-18-16-14-12-10-8-6-4-2/h5,7,11,13,17,19,23,25,29,31,35,37,50,52,58,60,64-66,68-71,73-74,76-78H,3-4,6,8-10,12,14-16,18,20-22,24,26-28,30,32-34,36,38-49,51,53-57,59,61-63H2,1-2H3,(H,72,75)/b7-5-,13-11-,19-17-,25-23-,31-29-,37-35-,52-50+,60-58+. The normalized spacial score (nSPS) is 19.1. The predicted molar refractivity (Wildman–Crippen MR) is 341 cm³/mol. The number of rotatable bonds is 57. The number of allylic oxidation sites excluding steroid dienone is 15. The first-order chi connectivity index (χ1) is 39.3. The van der Waals surface area contributed by atoms with Crippen LogP contribution in [-0.2, 0) is 14.3 Å². The third-order valence-electron chi connectivity index (χ3n) is 15.4. The Hall–Kier alpha value is -2.89. The van der Waals surface area contributed by atoms with E-state index >= 15 is 0 Å². The third-order valence-corrected chi connectivity index (χ3v) is 15.4. The minimum Gasteiger partial charge on any atom is -0.394 e. The second-order valence-corrected chi connectivity index (χ2v) is 22.9. The highest BCUT2D eigenvalue weighted by molar-refractivity contribution is 5.76. The van der Waals surface area contributed by atoms with Gasteiger partial charge in [-0.05, 0) is 83.5 Å². The molecule has 1 amide bonds. The Balaban J connectivity index is 2.20. The van der Waals surface area contributed by atoms with Gasteiger partial charge in [-0.15, -0.1) is 0 Å². The van der Waals surface area contributed by atoms with E-state index < -0.39 is 49.5 Å². The summed E-state index contributed by atoms with van der Waals surface area (Å²) in [5.74, 6) is -0.192. The summed E-state index contributed by atoms with van der Waals surface area (Å²) in [6.07, 6.45) is 79.3. The molecule has 9 nitrogen and oxygen atoms in total. The summed E-state index contributed by atoms with van der Waals surface area (Å²) in [6, 6.07) is -0.832. The molecule has 0 aromatic rings. The van der Waals surface area contributed by atoms with Crippen LogP contribution in [0.2, 0.25) is 0 Å². The largest absolute Gasteiger partial charge is 0.394 e. The summed E-state index contributed by atoms with van der Waals surface area (Å²) in [4.78, 5) is 13.1. The fourth-order valence-electron chi connectivity index (χ4n) is 10.2. The fourth-order valence-corrected chi connectivity index (χ4v) is 10.2. The molecule has 0 bridgehead atoms. The van der Waals surface area contributed by atoms with E-state index in [-0.39, 0.29) is 12.5 Å². The van der Waals surface area contributed by atoms with Crippen molar-refractivity contribution in [3.8, 4) is 0 Å². The van der Waals surface area contributed by atoms with Crippen molar-refractivity contribution >= 4 is 5.91 Å². The lowest BCUT2D eigenvalue weighted by atomic mass is 9.99. The Kier molecular flexibility index (Phi) is 55.7. The van der Waals surface area contributed by atoms with Gasteiger partial charge < -0.3 is 40.3 Å². The Morgan fingerprint density at radius 2 is 0.787 bits per heavy atom. The molecular weight excluding hydrogens is 995 g/mol. The second-order valence-electron chi connectivity index (χ2n) is 22.9. The van der Waals surface area contributed by atoms with Gasteiger partial charge in [-0.1, -0.05) is 297 Å². The number of nitrogens with one attached hydrogen (secondary N) is 1. The van der Waals surface area contributed by atoms with Crippen LogP contribution in [-0.4, -0.2) is 87.5 Å². The predicted octanol–water partition coefficient (Wildman–Crippen LogP) is 17.9. The molecule has 6 N–H and O–H groups in total. The van der Waals surface area contributed by atoms with Crippen LogP contribution in [0.1, 0.15) is 290 Å². The summed E-state index contributed by atoms with van der Waals surface area (Å²) in [5, 5.41) is 54.7. The lowest BCUT2D eigenvalue weighted by Gasteiger charge is -2.40. The lowest BCUT2D eigenvalue weighted by Crippen LogP contribution is -2.60. The highest BCUT2D eigenvalue weighted by Gasteiger charge is 2.44. The molecule has 0 radical (unpaired) electrons. The fraction of sp³-hybridized carbons (Fsp3) is 0.761. The van der Waals surface area contributed by atoms with Crippen molar-refractivity contribution in [1.29, 1.82) is 0 Å². The zero-order valence-corrected chi connectivity index (χ0v) is 51.6. The quantitative estimate of drug-likeness (QED) is 0.0261. The van der Waals surface area contributed by atoms with E-state index in [1.54, 1.807) is 6.08 Å². The number of carbonyl (C=O) groups is 1. The molecule has 0 aromatic heterocycles. The van der Waals surface area contributed by atoms with E-state index in [0.29, 0.717) is 6.42 Å². The first-order valence-electron chi connectivity index (χ1n) is 33.5. The molecule has 1 saturated heterocycles. The van der Waals surface area contributed by atoms with E-state index in [0.717, 1.165) is 89.9 Å². The third kappa shape index (κ3) is 47.6. The van der Waals surface area contributed by atoms with E-state index in [9.17, 15) is 30.3 Å². The van der Waals surface area contributed by atoms with Crippen LogP contribution in [0.4, 0.5) is 0 Å². The topological polar surface area (TPSA) is 149 Å². The van der Waals surface area contributed by atoms with Crippen LogP contribution in [0.3, 0.4) is 0 Å². The number of hydrogen-bond acceptors (Lipinski definition) is 8. The Bertz CT molecular complexity index is 1580. The molecule has 0 aliphatic carbocycles. The van der Waals surface area contributed by atoms with Crippen LogP contribution in [0.25, 0.3) is 0 Å². The highest BCUT2D eigenvalue weighted by Crippen LogP contribution is 2.23. The van der Waals surface area contributed by atoms with E-state index in [4.69, 9.17) is 9.47 Å². The van der Waals surface area contributed by atoms with Gasteiger partial charge in [0.1, 0.15) is 24.4 Å². The molecule has 462 valence electrons. The van der Waals surface area contributed by atoms with Gasteiger partial charge >= 0.3 is 0 Å². The number of aliphatic hydroxyl groups is 5. The highest BCUT2D eigenvalue weighted by atomic mass is 16.7. The zero-order chi connectivity index (χ0) is 57.9. The van der Waals surface area contributed by atoms with Gasteiger partial charge in [0.2, 0.25) is 5.91 Å². The Labute approximate surface area is 492 Å². The molecule has 1 rings (SSSR count). The van der Waals surface area contributed by atoms with Gasteiger partial charge in [-0.2, -0.15) is 0 Å². The van der Waals surface area contributed by atoms with Crippen LogP contribution in [0, 0.1) is 0 Å². The first-order valence-corrected chi connectivity index (χ1v) is 33.5. The maximum Gasteiger partial charge on any atom is 0.220 e. The average molecular weight is 1120 g/mol. The first kappa shape index (κ1) is 75.1. The summed E-state index contributed by atoms with van der Waals surface area (Å²) in [7, 11) is 0. The average Bonchev–Trinajstić information content (AvgIpc) is 3.46. The smallest absolute Gasteiger partial charge is 0.220 e. The van der Waals surface area contributed by atoms with Crippen molar-refractivity contribution in [1.82, 2.24) is 5.32 Å². The number of amides is 1. The van der Waals surface area contributed by atoms with Crippen molar-refractivity contribution in [2.24, 2.45) is 0 Å². The van der Waals surface area contributed by atoms with Crippen molar-refractivity contribution in [2.45, 2.75) is 333 Å². The van der Waals surface area contributed by atoms with Gasteiger partial charge in [0.25, 0.3) is 0 Å². The summed E-state index contributed by atoms with van der Waals surface area (Å²) in [5.41, 5.74) is 0. The number of hydrogen-bond donors (Lipinski definition) is 6. The molecule has 0 aromatic carbocycles. The molecule has 7 unspecified atom stereocenters. The molecule has 0 saturated carbocycles. The molecule has 9 heteroatoms. The monoisotopic (exact) mass is 1120 g/mol. The number of carbonyl (C=O) groups excluding carboxylic acids is 1.